The third-order valence-corrected chi connectivity index (χ3v) is 5.43. The largest absolute Gasteiger partial charge is 0.459 e. The Balaban J connectivity index is 1.50. The van der Waals surface area contributed by atoms with Crippen molar-refractivity contribution in [2.45, 2.75) is 19.0 Å². The lowest BCUT2D eigenvalue weighted by molar-refractivity contribution is 0.0900. The minimum absolute atomic E-state index is 0.164. The first-order valence-corrected chi connectivity index (χ1v) is 9.40. The van der Waals surface area contributed by atoms with E-state index in [0.29, 0.717) is 12.3 Å². The molecule has 5 heteroatoms. The average molecular weight is 352 g/mol. The van der Waals surface area contributed by atoms with Gasteiger partial charge in [0.2, 0.25) is 0 Å². The summed E-state index contributed by atoms with van der Waals surface area (Å²) in [5.41, 5.74) is 4.07. The van der Waals surface area contributed by atoms with Gasteiger partial charge in [-0.1, -0.05) is 24.3 Å². The monoisotopic (exact) mass is 352 g/mol. The number of amides is 1. The van der Waals surface area contributed by atoms with Crippen LogP contribution in [0.3, 0.4) is 0 Å². The molecule has 0 fully saturated rings. The molecule has 1 unspecified atom stereocenters. The number of furan rings is 1. The number of carbonyl (C=O) groups is 1. The second-order valence-electron chi connectivity index (χ2n) is 6.25. The van der Waals surface area contributed by atoms with E-state index in [9.17, 15) is 4.79 Å². The quantitative estimate of drug-likeness (QED) is 0.758. The molecule has 1 atom stereocenters. The number of hydrogen-bond acceptors (Lipinski definition) is 4. The van der Waals surface area contributed by atoms with Crippen LogP contribution in [-0.2, 0) is 13.0 Å². The Morgan fingerprint density at radius 2 is 2.08 bits per heavy atom. The summed E-state index contributed by atoms with van der Waals surface area (Å²) < 4.78 is 5.19. The van der Waals surface area contributed by atoms with Crippen LogP contribution in [0.5, 0.6) is 0 Å². The Bertz CT molecular complexity index is 827. The van der Waals surface area contributed by atoms with Gasteiger partial charge in [0, 0.05) is 19.6 Å². The highest BCUT2D eigenvalue weighted by Gasteiger charge is 2.25. The van der Waals surface area contributed by atoms with Crippen molar-refractivity contribution in [3.63, 3.8) is 0 Å². The molecular weight excluding hydrogens is 332 g/mol. The first-order valence-electron chi connectivity index (χ1n) is 8.46. The molecule has 0 bridgehead atoms. The van der Waals surface area contributed by atoms with Crippen LogP contribution in [0.4, 0.5) is 0 Å². The fourth-order valence-electron chi connectivity index (χ4n) is 3.39. The third kappa shape index (κ3) is 3.52. The normalized spacial score (nSPS) is 15.5. The van der Waals surface area contributed by atoms with Crippen molar-refractivity contribution in [2.24, 2.45) is 0 Å². The molecule has 4 nitrogen and oxygen atoms in total. The van der Waals surface area contributed by atoms with Crippen molar-refractivity contribution in [1.82, 2.24) is 10.2 Å². The topological polar surface area (TPSA) is 45.5 Å². The van der Waals surface area contributed by atoms with Crippen molar-refractivity contribution in [3.8, 4) is 0 Å². The number of thiophene rings is 1. The Hall–Kier alpha value is -2.37. The summed E-state index contributed by atoms with van der Waals surface area (Å²) >= 11 is 1.69. The van der Waals surface area contributed by atoms with Gasteiger partial charge in [-0.2, -0.15) is 11.3 Å². The van der Waals surface area contributed by atoms with Crippen molar-refractivity contribution < 1.29 is 9.21 Å². The minimum atomic E-state index is -0.164. The lowest BCUT2D eigenvalue weighted by Crippen LogP contribution is -2.40. The van der Waals surface area contributed by atoms with Crippen LogP contribution in [0.1, 0.15) is 33.3 Å². The van der Waals surface area contributed by atoms with Gasteiger partial charge in [-0.25, -0.2) is 0 Å². The molecule has 1 aliphatic heterocycles. The van der Waals surface area contributed by atoms with Crippen LogP contribution in [0, 0.1) is 0 Å². The Kier molecular flexibility index (Phi) is 4.68. The van der Waals surface area contributed by atoms with Gasteiger partial charge in [0.25, 0.3) is 5.91 Å². The molecule has 0 saturated carbocycles. The van der Waals surface area contributed by atoms with Crippen molar-refractivity contribution >= 4 is 17.2 Å². The van der Waals surface area contributed by atoms with E-state index in [-0.39, 0.29) is 11.9 Å². The lowest BCUT2D eigenvalue weighted by atomic mass is 9.97. The first kappa shape index (κ1) is 16.1. The molecule has 0 radical (unpaired) electrons. The molecule has 1 amide bonds. The van der Waals surface area contributed by atoms with Crippen LogP contribution in [0.2, 0.25) is 0 Å². The van der Waals surface area contributed by atoms with Gasteiger partial charge < -0.3 is 9.73 Å². The maximum Gasteiger partial charge on any atom is 0.287 e. The zero-order chi connectivity index (χ0) is 17.1. The van der Waals surface area contributed by atoms with E-state index in [1.807, 2.05) is 0 Å². The molecule has 128 valence electrons. The molecule has 1 N–H and O–H groups in total. The Morgan fingerprint density at radius 3 is 2.84 bits per heavy atom. The van der Waals surface area contributed by atoms with E-state index in [1.54, 1.807) is 23.5 Å². The van der Waals surface area contributed by atoms with Gasteiger partial charge in [0.15, 0.2) is 5.76 Å². The van der Waals surface area contributed by atoms with Gasteiger partial charge in [0.05, 0.1) is 12.3 Å². The zero-order valence-electron chi connectivity index (χ0n) is 13.9. The van der Waals surface area contributed by atoms with Gasteiger partial charge >= 0.3 is 0 Å². The van der Waals surface area contributed by atoms with Gasteiger partial charge in [-0.3, -0.25) is 9.69 Å². The van der Waals surface area contributed by atoms with Crippen LogP contribution in [-0.4, -0.2) is 23.9 Å². The standard InChI is InChI=1S/C20H20N2O2S/c23-20(19-6-3-10-24-19)21-12-18(17-8-11-25-14-17)22-9-7-15-4-1-2-5-16(15)13-22/h1-6,8,10-11,14,18H,7,9,12-13H2,(H,21,23). The van der Waals surface area contributed by atoms with Gasteiger partial charge in [0.1, 0.15) is 0 Å². The highest BCUT2D eigenvalue weighted by Crippen LogP contribution is 2.28. The summed E-state index contributed by atoms with van der Waals surface area (Å²) in [6.45, 7) is 2.47. The summed E-state index contributed by atoms with van der Waals surface area (Å²) in [5.74, 6) is 0.190. The van der Waals surface area contributed by atoms with Gasteiger partial charge in [-0.05, 0) is 52.1 Å². The molecule has 0 saturated heterocycles. The molecule has 3 heterocycles. The van der Waals surface area contributed by atoms with E-state index >= 15 is 0 Å². The maximum atomic E-state index is 12.2. The number of carbonyl (C=O) groups excluding carboxylic acids is 1. The van der Waals surface area contributed by atoms with Crippen LogP contribution < -0.4 is 5.32 Å². The Labute approximate surface area is 151 Å². The lowest BCUT2D eigenvalue weighted by Gasteiger charge is -2.35. The minimum Gasteiger partial charge on any atom is -0.459 e. The fraction of sp³-hybridized carbons (Fsp3) is 0.250. The molecule has 3 aromatic rings. The summed E-state index contributed by atoms with van der Waals surface area (Å²) in [4.78, 5) is 14.7. The van der Waals surface area contributed by atoms with E-state index in [0.717, 1.165) is 19.5 Å². The van der Waals surface area contributed by atoms with E-state index < -0.39 is 0 Å². The summed E-state index contributed by atoms with van der Waals surface area (Å²) in [6.07, 6.45) is 2.57. The molecule has 2 aromatic heterocycles. The maximum absolute atomic E-state index is 12.2. The molecule has 4 rings (SSSR count). The number of hydrogen-bond donors (Lipinski definition) is 1. The van der Waals surface area contributed by atoms with E-state index in [4.69, 9.17) is 4.42 Å². The summed E-state index contributed by atoms with van der Waals surface area (Å²) in [7, 11) is 0. The second-order valence-corrected chi connectivity index (χ2v) is 7.03. The molecule has 25 heavy (non-hydrogen) atoms. The average Bonchev–Trinajstić information content (AvgIpc) is 3.35. The number of rotatable bonds is 5. The first-order chi connectivity index (χ1) is 12.3. The number of nitrogens with zero attached hydrogens (tertiary/aromatic N) is 1. The fourth-order valence-corrected chi connectivity index (χ4v) is 4.10. The predicted octanol–water partition coefficient (Wildman–Crippen LogP) is 3.87. The molecule has 0 aliphatic carbocycles. The summed E-state index contributed by atoms with van der Waals surface area (Å²) in [6, 6.07) is 14.3. The summed E-state index contributed by atoms with van der Waals surface area (Å²) in [5, 5.41) is 7.29. The van der Waals surface area contributed by atoms with Gasteiger partial charge in [-0.15, -0.1) is 0 Å². The molecule has 1 aromatic carbocycles. The van der Waals surface area contributed by atoms with Crippen molar-refractivity contribution in [1.29, 1.82) is 0 Å². The number of nitrogens with one attached hydrogen (secondary N) is 1. The number of fused-ring (bicyclic) bond motifs is 1. The smallest absolute Gasteiger partial charge is 0.287 e. The van der Waals surface area contributed by atoms with Crippen LogP contribution in [0.25, 0.3) is 0 Å². The van der Waals surface area contributed by atoms with Crippen LogP contribution in [0.15, 0.2) is 63.9 Å². The van der Waals surface area contributed by atoms with Crippen molar-refractivity contribution in [3.05, 3.63) is 81.9 Å². The second kappa shape index (κ2) is 7.25. The van der Waals surface area contributed by atoms with Crippen LogP contribution >= 0.6 is 11.3 Å². The highest BCUT2D eigenvalue weighted by atomic mass is 32.1. The third-order valence-electron chi connectivity index (χ3n) is 4.73. The molecule has 1 aliphatic rings. The van der Waals surface area contributed by atoms with Crippen molar-refractivity contribution in [2.75, 3.05) is 13.1 Å². The Morgan fingerprint density at radius 1 is 1.20 bits per heavy atom. The van der Waals surface area contributed by atoms with E-state index in [2.05, 4.69) is 51.3 Å². The molecule has 0 spiro atoms. The molecular formula is C20H20N2O2S. The predicted molar refractivity (Wildman–Crippen MR) is 98.7 cm³/mol. The number of benzene rings is 1. The van der Waals surface area contributed by atoms with E-state index in [1.165, 1.54) is 23.0 Å². The highest BCUT2D eigenvalue weighted by molar-refractivity contribution is 7.07. The zero-order valence-corrected chi connectivity index (χ0v) is 14.7. The SMILES string of the molecule is O=C(NCC(c1ccsc1)N1CCc2ccccc2C1)c1ccco1.